The molecule has 0 aliphatic heterocycles. The smallest absolute Gasteiger partial charge is 0.264 e. The minimum Gasteiger partial charge on any atom is -0.496 e. The van der Waals surface area contributed by atoms with Crippen LogP contribution in [0.15, 0.2) is 77.7 Å². The van der Waals surface area contributed by atoms with E-state index in [9.17, 15) is 13.2 Å². The van der Waals surface area contributed by atoms with Crippen molar-refractivity contribution in [3.05, 3.63) is 78.4 Å². The summed E-state index contributed by atoms with van der Waals surface area (Å²) < 4.78 is 44.0. The molecule has 1 N–H and O–H groups in total. The second-order valence-electron chi connectivity index (χ2n) is 7.63. The molecule has 3 rings (SSSR count). The zero-order valence-corrected chi connectivity index (χ0v) is 20.9. The van der Waals surface area contributed by atoms with Crippen LogP contribution in [-0.2, 0) is 21.2 Å². The third kappa shape index (κ3) is 6.45. The van der Waals surface area contributed by atoms with Crippen LogP contribution in [0.5, 0.6) is 17.2 Å². The average molecular weight is 499 g/mol. The molecule has 0 aliphatic carbocycles. The van der Waals surface area contributed by atoms with E-state index >= 15 is 0 Å². The van der Waals surface area contributed by atoms with Gasteiger partial charge in [0.15, 0.2) is 11.5 Å². The van der Waals surface area contributed by atoms with E-state index in [1.165, 1.54) is 32.4 Å². The first-order valence-electron chi connectivity index (χ1n) is 11.1. The van der Waals surface area contributed by atoms with Crippen LogP contribution in [0, 0.1) is 0 Å². The summed E-state index contributed by atoms with van der Waals surface area (Å²) in [6.45, 7) is 0.00338. The predicted molar refractivity (Wildman–Crippen MR) is 135 cm³/mol. The quantitative estimate of drug-likeness (QED) is 0.383. The van der Waals surface area contributed by atoms with Crippen LogP contribution >= 0.6 is 0 Å². The van der Waals surface area contributed by atoms with Crippen molar-refractivity contribution >= 4 is 21.6 Å². The highest BCUT2D eigenvalue weighted by molar-refractivity contribution is 7.92. The van der Waals surface area contributed by atoms with E-state index in [1.807, 2.05) is 24.3 Å². The van der Waals surface area contributed by atoms with E-state index in [0.29, 0.717) is 30.9 Å². The van der Waals surface area contributed by atoms with Crippen molar-refractivity contribution in [3.8, 4) is 17.2 Å². The summed E-state index contributed by atoms with van der Waals surface area (Å²) >= 11 is 0. The molecule has 1 amide bonds. The van der Waals surface area contributed by atoms with Crippen LogP contribution in [0.25, 0.3) is 0 Å². The Morgan fingerprint density at radius 3 is 2.17 bits per heavy atom. The molecule has 0 aromatic heterocycles. The molecule has 0 spiro atoms. The number of amides is 1. The van der Waals surface area contributed by atoms with Crippen molar-refractivity contribution < 1.29 is 27.4 Å². The number of benzene rings is 3. The Hall–Kier alpha value is -3.72. The summed E-state index contributed by atoms with van der Waals surface area (Å²) in [5.74, 6) is 1.19. The Labute approximate surface area is 206 Å². The van der Waals surface area contributed by atoms with Crippen LogP contribution in [0.2, 0.25) is 0 Å². The highest BCUT2D eigenvalue weighted by atomic mass is 32.2. The Bertz CT molecular complexity index is 1230. The molecule has 0 fully saturated rings. The maximum atomic E-state index is 13.5. The van der Waals surface area contributed by atoms with E-state index in [2.05, 4.69) is 5.32 Å². The molecule has 8 nitrogen and oxygen atoms in total. The second kappa shape index (κ2) is 12.1. The molecule has 0 unspecified atom stereocenters. The Balaban J connectivity index is 1.76. The van der Waals surface area contributed by atoms with Crippen molar-refractivity contribution in [2.24, 2.45) is 0 Å². The lowest BCUT2D eigenvalue weighted by atomic mass is 10.1. The van der Waals surface area contributed by atoms with E-state index in [-0.39, 0.29) is 17.1 Å². The van der Waals surface area contributed by atoms with Crippen LogP contribution in [-0.4, -0.2) is 48.7 Å². The largest absolute Gasteiger partial charge is 0.496 e. The molecule has 0 radical (unpaired) electrons. The molecule has 9 heteroatoms. The molecule has 0 saturated carbocycles. The van der Waals surface area contributed by atoms with Gasteiger partial charge in [-0.3, -0.25) is 9.10 Å². The molecule has 3 aromatic rings. The zero-order chi connectivity index (χ0) is 25.3. The lowest BCUT2D eigenvalue weighted by Crippen LogP contribution is -2.41. The van der Waals surface area contributed by atoms with Crippen molar-refractivity contribution in [1.29, 1.82) is 0 Å². The minimum absolute atomic E-state index is 0.0822. The van der Waals surface area contributed by atoms with Gasteiger partial charge in [0, 0.05) is 12.6 Å². The number of hydrogen-bond acceptors (Lipinski definition) is 6. The van der Waals surface area contributed by atoms with E-state index in [4.69, 9.17) is 14.2 Å². The summed E-state index contributed by atoms with van der Waals surface area (Å²) in [6.07, 6.45) is 1.39. The van der Waals surface area contributed by atoms with Gasteiger partial charge in [0.2, 0.25) is 5.91 Å². The lowest BCUT2D eigenvalue weighted by molar-refractivity contribution is -0.119. The molecule has 186 valence electrons. The summed E-state index contributed by atoms with van der Waals surface area (Å²) in [5.41, 5.74) is 1.33. The number of carbonyl (C=O) groups is 1. The average Bonchev–Trinajstić information content (AvgIpc) is 2.90. The maximum Gasteiger partial charge on any atom is 0.264 e. The number of rotatable bonds is 12. The number of sulfonamides is 1. The fraction of sp³-hybridized carbons (Fsp3) is 0.269. The van der Waals surface area contributed by atoms with Gasteiger partial charge in [0.1, 0.15) is 12.3 Å². The predicted octanol–water partition coefficient (Wildman–Crippen LogP) is 3.66. The number of nitrogens with one attached hydrogen (secondary N) is 1. The zero-order valence-electron chi connectivity index (χ0n) is 20.1. The first-order valence-corrected chi connectivity index (χ1v) is 12.5. The van der Waals surface area contributed by atoms with E-state index < -0.39 is 15.9 Å². The van der Waals surface area contributed by atoms with Gasteiger partial charge in [-0.25, -0.2) is 8.42 Å². The van der Waals surface area contributed by atoms with Gasteiger partial charge in [-0.2, -0.15) is 0 Å². The number of carbonyl (C=O) groups excluding carboxylic acids is 1. The first-order chi connectivity index (χ1) is 16.9. The van der Waals surface area contributed by atoms with Gasteiger partial charge in [0.25, 0.3) is 10.0 Å². The topological polar surface area (TPSA) is 94.2 Å². The van der Waals surface area contributed by atoms with Gasteiger partial charge in [-0.1, -0.05) is 36.4 Å². The number of anilines is 1. The fourth-order valence-corrected chi connectivity index (χ4v) is 5.05. The normalized spacial score (nSPS) is 10.9. The third-order valence-electron chi connectivity index (χ3n) is 5.41. The third-order valence-corrected chi connectivity index (χ3v) is 7.20. The Kier molecular flexibility index (Phi) is 8.97. The number of methoxy groups -OCH3 is 3. The van der Waals surface area contributed by atoms with Gasteiger partial charge in [-0.05, 0) is 48.7 Å². The van der Waals surface area contributed by atoms with Crippen molar-refractivity contribution in [2.75, 3.05) is 38.7 Å². The van der Waals surface area contributed by atoms with Crippen LogP contribution in [0.1, 0.15) is 12.0 Å². The molecule has 0 saturated heterocycles. The Morgan fingerprint density at radius 1 is 0.829 bits per heavy atom. The van der Waals surface area contributed by atoms with Crippen LogP contribution in [0.3, 0.4) is 0 Å². The molecule has 0 heterocycles. The standard InChI is InChI=1S/C26H30N2O6S/c1-32-23-14-8-7-10-20(23)11-9-17-27-26(29)19-28(35(30,31)22-12-5-4-6-13-22)21-15-16-24(33-2)25(18-21)34-3/h4-8,10,12-16,18H,9,11,17,19H2,1-3H3,(H,27,29). The Morgan fingerprint density at radius 2 is 1.49 bits per heavy atom. The second-order valence-corrected chi connectivity index (χ2v) is 9.49. The number of nitrogens with zero attached hydrogens (tertiary/aromatic N) is 1. The molecule has 0 atom stereocenters. The van der Waals surface area contributed by atoms with Crippen molar-refractivity contribution in [1.82, 2.24) is 5.32 Å². The molecule has 35 heavy (non-hydrogen) atoms. The van der Waals surface area contributed by atoms with Crippen LogP contribution in [0.4, 0.5) is 5.69 Å². The van der Waals surface area contributed by atoms with Gasteiger partial charge in [-0.15, -0.1) is 0 Å². The molecular formula is C26H30N2O6S. The molecular weight excluding hydrogens is 468 g/mol. The number of aryl methyl sites for hydroxylation is 1. The minimum atomic E-state index is -4.02. The lowest BCUT2D eigenvalue weighted by Gasteiger charge is -2.25. The molecule has 3 aromatic carbocycles. The van der Waals surface area contributed by atoms with E-state index in [0.717, 1.165) is 15.6 Å². The summed E-state index contributed by atoms with van der Waals surface area (Å²) in [6, 6.07) is 20.4. The van der Waals surface area contributed by atoms with Gasteiger partial charge >= 0.3 is 0 Å². The summed E-state index contributed by atoms with van der Waals surface area (Å²) in [4.78, 5) is 12.9. The van der Waals surface area contributed by atoms with Crippen molar-refractivity contribution in [3.63, 3.8) is 0 Å². The monoisotopic (exact) mass is 498 g/mol. The SMILES string of the molecule is COc1ccccc1CCCNC(=O)CN(c1ccc(OC)c(OC)c1)S(=O)(=O)c1ccccc1. The molecule has 0 bridgehead atoms. The number of ether oxygens (including phenoxy) is 3. The van der Waals surface area contributed by atoms with Crippen molar-refractivity contribution in [2.45, 2.75) is 17.7 Å². The number of para-hydroxylation sites is 1. The first kappa shape index (κ1) is 25.9. The van der Waals surface area contributed by atoms with Gasteiger partial charge in [0.05, 0.1) is 31.9 Å². The molecule has 0 aliphatic rings. The fourth-order valence-electron chi connectivity index (χ4n) is 3.62. The van der Waals surface area contributed by atoms with Gasteiger partial charge < -0.3 is 19.5 Å². The highest BCUT2D eigenvalue weighted by Crippen LogP contribution is 2.33. The maximum absolute atomic E-state index is 13.5. The van der Waals surface area contributed by atoms with Crippen LogP contribution < -0.4 is 23.8 Å². The summed E-state index contributed by atoms with van der Waals surface area (Å²) in [7, 11) is 0.564. The highest BCUT2D eigenvalue weighted by Gasteiger charge is 2.28. The number of hydrogen-bond donors (Lipinski definition) is 1. The summed E-state index contributed by atoms with van der Waals surface area (Å²) in [5, 5.41) is 2.82. The van der Waals surface area contributed by atoms with E-state index in [1.54, 1.807) is 37.4 Å².